The highest BCUT2D eigenvalue weighted by Crippen LogP contribution is 2.65. The maximum Gasteiger partial charge on any atom is 0.161 e. The van der Waals surface area contributed by atoms with Crippen LogP contribution in [-0.4, -0.2) is 26.4 Å². The molecule has 0 heterocycles. The lowest BCUT2D eigenvalue weighted by molar-refractivity contribution is 0.199. The van der Waals surface area contributed by atoms with E-state index >= 15 is 0 Å². The van der Waals surface area contributed by atoms with Crippen molar-refractivity contribution in [3.8, 4) is 45.3 Å². The fraction of sp³-hybridized carbons (Fsp3) is 0.593. The lowest BCUT2D eigenvalue weighted by Gasteiger charge is -2.32. The highest BCUT2D eigenvalue weighted by molar-refractivity contribution is 5.96. The van der Waals surface area contributed by atoms with Gasteiger partial charge in [-0.1, -0.05) is 180 Å². The van der Waals surface area contributed by atoms with Gasteiger partial charge < -0.3 is 18.9 Å². The van der Waals surface area contributed by atoms with Crippen LogP contribution in [0.4, 0.5) is 0 Å². The monoisotopic (exact) mass is 857 g/mol. The highest BCUT2D eigenvalue weighted by atomic mass is 16.5. The Balaban J connectivity index is 1.61. The summed E-state index contributed by atoms with van der Waals surface area (Å²) in [5.74, 6) is 5.45. The van der Waals surface area contributed by atoms with E-state index < -0.39 is 5.41 Å². The van der Waals surface area contributed by atoms with Crippen molar-refractivity contribution >= 4 is 0 Å². The zero-order valence-corrected chi connectivity index (χ0v) is 41.4. The third-order valence-electron chi connectivity index (χ3n) is 14.8. The molecule has 4 aromatic rings. The van der Waals surface area contributed by atoms with Gasteiger partial charge in [0, 0.05) is 0 Å². The summed E-state index contributed by atoms with van der Waals surface area (Å²) >= 11 is 0. The van der Waals surface area contributed by atoms with E-state index in [1.807, 2.05) is 0 Å². The van der Waals surface area contributed by atoms with Crippen molar-refractivity contribution in [1.29, 1.82) is 0 Å². The molecule has 0 aliphatic heterocycles. The van der Waals surface area contributed by atoms with Crippen LogP contribution in [0.2, 0.25) is 0 Å². The topological polar surface area (TPSA) is 36.9 Å². The molecule has 1 spiro atoms. The van der Waals surface area contributed by atoms with Gasteiger partial charge in [0.05, 0.1) is 31.8 Å². The van der Waals surface area contributed by atoms with Gasteiger partial charge in [0.25, 0.3) is 0 Å². The quantitative estimate of drug-likeness (QED) is 0.0493. The fourth-order valence-corrected chi connectivity index (χ4v) is 10.3. The molecule has 4 heteroatoms. The van der Waals surface area contributed by atoms with E-state index in [2.05, 4.69) is 130 Å². The Labute approximate surface area is 384 Å². The van der Waals surface area contributed by atoms with Gasteiger partial charge in [-0.3, -0.25) is 0 Å². The van der Waals surface area contributed by atoms with E-state index in [9.17, 15) is 0 Å². The number of hydrogen-bond donors (Lipinski definition) is 0. The smallest absolute Gasteiger partial charge is 0.161 e. The lowest BCUT2D eigenvalue weighted by Crippen LogP contribution is -2.26. The minimum Gasteiger partial charge on any atom is -0.489 e. The molecule has 63 heavy (non-hydrogen) atoms. The maximum absolute atomic E-state index is 7.08. The van der Waals surface area contributed by atoms with Gasteiger partial charge in [-0.05, 0) is 132 Å². The van der Waals surface area contributed by atoms with Gasteiger partial charge in [-0.25, -0.2) is 0 Å². The molecular formula is C59H84O4. The molecule has 0 fully saturated rings. The largest absolute Gasteiger partial charge is 0.489 e. The second-order valence-corrected chi connectivity index (χ2v) is 19.4. The summed E-state index contributed by atoms with van der Waals surface area (Å²) in [7, 11) is 0. The first-order valence-corrected chi connectivity index (χ1v) is 25.8. The third kappa shape index (κ3) is 10.8. The zero-order chi connectivity index (χ0) is 44.9. The predicted molar refractivity (Wildman–Crippen MR) is 267 cm³/mol. The van der Waals surface area contributed by atoms with Crippen LogP contribution in [-0.2, 0) is 5.41 Å². The SMILES string of the molecule is CCCCC(CC)COc1cc2c(cc1OCC(CC)CCCC)C1(c3cc(C)ccc3-c3ccc(C)cc31)c1cc(OCC(CC)CCCC)c(OCC(CC)CCCC)cc1-2. The Morgan fingerprint density at radius 2 is 0.651 bits per heavy atom. The van der Waals surface area contributed by atoms with Crippen molar-refractivity contribution in [3.63, 3.8) is 0 Å². The Morgan fingerprint density at radius 1 is 0.365 bits per heavy atom. The Hall–Kier alpha value is -3.92. The molecule has 6 rings (SSSR count). The second kappa shape index (κ2) is 23.3. The molecule has 0 radical (unpaired) electrons. The van der Waals surface area contributed by atoms with Crippen molar-refractivity contribution in [2.45, 2.75) is 177 Å². The Bertz CT molecular complexity index is 1910. The van der Waals surface area contributed by atoms with Crippen LogP contribution >= 0.6 is 0 Å². The van der Waals surface area contributed by atoms with E-state index in [0.717, 1.165) is 48.7 Å². The summed E-state index contributed by atoms with van der Waals surface area (Å²) in [4.78, 5) is 0. The minimum atomic E-state index is -0.570. The van der Waals surface area contributed by atoms with Crippen LogP contribution in [0.5, 0.6) is 23.0 Å². The van der Waals surface area contributed by atoms with Crippen LogP contribution < -0.4 is 18.9 Å². The molecule has 4 unspecified atom stereocenters. The van der Waals surface area contributed by atoms with Gasteiger partial charge in [0.2, 0.25) is 0 Å². The van der Waals surface area contributed by atoms with E-state index in [-0.39, 0.29) is 0 Å². The standard InChI is InChI=1S/C59H84O4/c1-11-19-23-43(15-5)37-60-55-33-49-50-34-56(61-38-44(16-6)24-20-12-2)58(63-40-46(18-8)26-22-14-4)36-54(50)59(53(49)35-57(55)62-39-45(17-7)25-21-13-3)51-31-41(9)27-29-47(51)48-30-28-42(10)32-52(48)59/h27-36,43-46H,11-26,37-40H2,1-10H3. The molecule has 2 aliphatic carbocycles. The molecular weight excluding hydrogens is 773 g/mol. The normalized spacial score (nSPS) is 15.0. The van der Waals surface area contributed by atoms with Crippen molar-refractivity contribution in [2.24, 2.45) is 23.7 Å². The zero-order valence-electron chi connectivity index (χ0n) is 41.4. The number of unbranched alkanes of at least 4 members (excludes halogenated alkanes) is 4. The summed E-state index contributed by atoms with van der Waals surface area (Å²) in [6, 6.07) is 23.7. The van der Waals surface area contributed by atoms with Gasteiger partial charge in [-0.15, -0.1) is 0 Å². The van der Waals surface area contributed by atoms with Crippen LogP contribution in [0.1, 0.15) is 192 Å². The predicted octanol–water partition coefficient (Wildman–Crippen LogP) is 17.0. The van der Waals surface area contributed by atoms with Crippen molar-refractivity contribution in [2.75, 3.05) is 26.4 Å². The molecule has 2 aliphatic rings. The second-order valence-electron chi connectivity index (χ2n) is 19.4. The molecule has 0 N–H and O–H groups in total. The summed E-state index contributed by atoms with van der Waals surface area (Å²) < 4.78 is 28.2. The summed E-state index contributed by atoms with van der Waals surface area (Å²) in [6.45, 7) is 25.6. The van der Waals surface area contributed by atoms with Gasteiger partial charge >= 0.3 is 0 Å². The molecule has 4 nitrogen and oxygen atoms in total. The van der Waals surface area contributed by atoms with Crippen LogP contribution in [0.3, 0.4) is 0 Å². The molecule has 0 bridgehead atoms. The van der Waals surface area contributed by atoms with Gasteiger partial charge in [0.15, 0.2) is 23.0 Å². The number of rotatable bonds is 28. The molecule has 4 atom stereocenters. The molecule has 0 amide bonds. The van der Waals surface area contributed by atoms with Gasteiger partial charge in [0.1, 0.15) is 0 Å². The van der Waals surface area contributed by atoms with Gasteiger partial charge in [-0.2, -0.15) is 0 Å². The summed E-state index contributed by atoms with van der Waals surface area (Å²) in [6.07, 6.45) is 18.8. The van der Waals surface area contributed by atoms with Crippen molar-refractivity contribution in [3.05, 3.63) is 94.0 Å². The van der Waals surface area contributed by atoms with Crippen molar-refractivity contribution in [1.82, 2.24) is 0 Å². The molecule has 0 aromatic heterocycles. The minimum absolute atomic E-state index is 0.497. The third-order valence-corrected chi connectivity index (χ3v) is 14.8. The van der Waals surface area contributed by atoms with E-state index in [1.54, 1.807) is 0 Å². The maximum atomic E-state index is 7.08. The number of benzene rings is 4. The first-order valence-electron chi connectivity index (χ1n) is 25.8. The van der Waals surface area contributed by atoms with E-state index in [0.29, 0.717) is 50.1 Å². The van der Waals surface area contributed by atoms with Crippen LogP contribution in [0.15, 0.2) is 60.7 Å². The molecule has 0 saturated carbocycles. The van der Waals surface area contributed by atoms with Crippen LogP contribution in [0, 0.1) is 37.5 Å². The van der Waals surface area contributed by atoms with Crippen LogP contribution in [0.25, 0.3) is 22.3 Å². The fourth-order valence-electron chi connectivity index (χ4n) is 10.3. The number of aryl methyl sites for hydroxylation is 2. The van der Waals surface area contributed by atoms with E-state index in [4.69, 9.17) is 18.9 Å². The van der Waals surface area contributed by atoms with E-state index in [1.165, 1.54) is 133 Å². The average Bonchev–Trinajstić information content (AvgIpc) is 3.73. The number of hydrogen-bond acceptors (Lipinski definition) is 4. The van der Waals surface area contributed by atoms with Crippen molar-refractivity contribution < 1.29 is 18.9 Å². The number of fused-ring (bicyclic) bond motifs is 10. The lowest BCUT2D eigenvalue weighted by atomic mass is 9.70. The molecule has 4 aromatic carbocycles. The summed E-state index contributed by atoms with van der Waals surface area (Å²) in [5.41, 5.74) is 12.2. The molecule has 0 saturated heterocycles. The average molecular weight is 857 g/mol. The Morgan fingerprint density at radius 3 is 0.937 bits per heavy atom. The summed E-state index contributed by atoms with van der Waals surface area (Å²) in [5, 5.41) is 0. The Kier molecular flexibility index (Phi) is 18.0. The first-order chi connectivity index (χ1) is 30.7. The highest BCUT2D eigenvalue weighted by Gasteiger charge is 2.53. The first kappa shape index (κ1) is 48.5. The molecule has 344 valence electrons. The number of ether oxygens (including phenoxy) is 4.